The number of nitrogens with two attached hydrogens (primary N) is 2. The first-order chi connectivity index (χ1) is 7.43. The van der Waals surface area contributed by atoms with E-state index in [0.717, 1.165) is 0 Å². The minimum Gasteiger partial charge on any atom is -0.370 e. The monoisotopic (exact) mass is 244 g/mol. The fourth-order valence-corrected chi connectivity index (χ4v) is 1.47. The molecule has 0 saturated heterocycles. The van der Waals surface area contributed by atoms with E-state index in [9.17, 15) is 8.42 Å². The molecule has 16 heavy (non-hydrogen) atoms. The SMILES string of the molecule is CC(CN)CNc1ccc(S(N)(=O)=O)cn1. The summed E-state index contributed by atoms with van der Waals surface area (Å²) < 4.78 is 21.9. The molecule has 1 atom stereocenters. The summed E-state index contributed by atoms with van der Waals surface area (Å²) in [5.41, 5.74) is 5.46. The van der Waals surface area contributed by atoms with Crippen molar-refractivity contribution in [2.24, 2.45) is 16.8 Å². The van der Waals surface area contributed by atoms with Crippen molar-refractivity contribution in [1.82, 2.24) is 4.98 Å². The first kappa shape index (κ1) is 12.9. The third-order valence-electron chi connectivity index (χ3n) is 2.10. The Bertz CT molecular complexity index is 429. The molecule has 0 aliphatic carbocycles. The first-order valence-electron chi connectivity index (χ1n) is 4.86. The van der Waals surface area contributed by atoms with Crippen LogP contribution in [0.4, 0.5) is 5.82 Å². The number of rotatable bonds is 5. The van der Waals surface area contributed by atoms with Gasteiger partial charge < -0.3 is 11.1 Å². The highest BCUT2D eigenvalue weighted by Gasteiger charge is 2.07. The molecule has 6 nitrogen and oxygen atoms in total. The average Bonchev–Trinajstić information content (AvgIpc) is 2.25. The summed E-state index contributed by atoms with van der Waals surface area (Å²) in [5.74, 6) is 0.937. The second-order valence-electron chi connectivity index (χ2n) is 3.65. The van der Waals surface area contributed by atoms with Crippen molar-refractivity contribution in [2.45, 2.75) is 11.8 Å². The van der Waals surface area contributed by atoms with E-state index in [1.807, 2.05) is 6.92 Å². The maximum Gasteiger partial charge on any atom is 0.239 e. The highest BCUT2D eigenvalue weighted by atomic mass is 32.2. The van der Waals surface area contributed by atoms with Gasteiger partial charge in [0.25, 0.3) is 0 Å². The van der Waals surface area contributed by atoms with Gasteiger partial charge in [-0.2, -0.15) is 0 Å². The van der Waals surface area contributed by atoms with Crippen molar-refractivity contribution in [2.75, 3.05) is 18.4 Å². The van der Waals surface area contributed by atoms with Gasteiger partial charge in [-0.15, -0.1) is 0 Å². The molecule has 1 aromatic heterocycles. The van der Waals surface area contributed by atoms with Crippen LogP contribution in [0, 0.1) is 5.92 Å². The van der Waals surface area contributed by atoms with Crippen LogP contribution < -0.4 is 16.2 Å². The Kier molecular flexibility index (Phi) is 4.22. The van der Waals surface area contributed by atoms with E-state index in [1.165, 1.54) is 12.3 Å². The van der Waals surface area contributed by atoms with Gasteiger partial charge in [-0.05, 0) is 24.6 Å². The van der Waals surface area contributed by atoms with Crippen LogP contribution in [0.5, 0.6) is 0 Å². The second-order valence-corrected chi connectivity index (χ2v) is 5.21. The fraction of sp³-hybridized carbons (Fsp3) is 0.444. The second kappa shape index (κ2) is 5.24. The van der Waals surface area contributed by atoms with E-state index in [1.54, 1.807) is 6.07 Å². The van der Waals surface area contributed by atoms with E-state index in [4.69, 9.17) is 10.9 Å². The molecule has 7 heteroatoms. The zero-order chi connectivity index (χ0) is 12.2. The Labute approximate surface area is 95.1 Å². The molecule has 0 aromatic carbocycles. The summed E-state index contributed by atoms with van der Waals surface area (Å²) in [6.07, 6.45) is 1.23. The lowest BCUT2D eigenvalue weighted by molar-refractivity contribution is 0.597. The molecule has 0 aliphatic rings. The molecule has 0 saturated carbocycles. The normalized spacial score (nSPS) is 13.4. The van der Waals surface area contributed by atoms with Crippen LogP contribution in [0.2, 0.25) is 0 Å². The Morgan fingerprint density at radius 2 is 2.19 bits per heavy atom. The molecule has 1 rings (SSSR count). The zero-order valence-electron chi connectivity index (χ0n) is 9.05. The minimum atomic E-state index is -3.67. The number of hydrogen-bond acceptors (Lipinski definition) is 5. The molecule has 90 valence electrons. The van der Waals surface area contributed by atoms with Gasteiger partial charge in [-0.1, -0.05) is 6.92 Å². The van der Waals surface area contributed by atoms with Crippen LogP contribution in [-0.2, 0) is 10.0 Å². The standard InChI is InChI=1S/C9H16N4O2S/c1-7(4-10)5-12-9-3-2-8(6-13-9)16(11,14)15/h2-3,6-7H,4-5,10H2,1H3,(H,12,13)(H2,11,14,15). The van der Waals surface area contributed by atoms with Crippen molar-refractivity contribution in [3.63, 3.8) is 0 Å². The van der Waals surface area contributed by atoms with Gasteiger partial charge in [0.1, 0.15) is 10.7 Å². The summed E-state index contributed by atoms with van der Waals surface area (Å²) >= 11 is 0. The molecule has 0 fully saturated rings. The number of anilines is 1. The van der Waals surface area contributed by atoms with Crippen LogP contribution in [0.1, 0.15) is 6.92 Å². The largest absolute Gasteiger partial charge is 0.370 e. The maximum atomic E-state index is 11.0. The van der Waals surface area contributed by atoms with Crippen LogP contribution in [0.25, 0.3) is 0 Å². The Morgan fingerprint density at radius 1 is 1.50 bits per heavy atom. The van der Waals surface area contributed by atoms with Gasteiger partial charge in [-0.25, -0.2) is 18.5 Å². The number of aromatic nitrogens is 1. The number of pyridine rings is 1. The van der Waals surface area contributed by atoms with E-state index in [-0.39, 0.29) is 4.90 Å². The predicted molar refractivity (Wildman–Crippen MR) is 62.3 cm³/mol. The lowest BCUT2D eigenvalue weighted by atomic mass is 10.2. The van der Waals surface area contributed by atoms with Gasteiger partial charge >= 0.3 is 0 Å². The Balaban J connectivity index is 2.66. The number of sulfonamides is 1. The molecule has 0 aliphatic heterocycles. The molecule has 0 bridgehead atoms. The Hall–Kier alpha value is -1.18. The van der Waals surface area contributed by atoms with Crippen LogP contribution >= 0.6 is 0 Å². The Morgan fingerprint density at radius 3 is 2.62 bits per heavy atom. The fourth-order valence-electron chi connectivity index (χ4n) is 1.02. The van der Waals surface area contributed by atoms with Crippen molar-refractivity contribution < 1.29 is 8.42 Å². The number of hydrogen-bond donors (Lipinski definition) is 3. The van der Waals surface area contributed by atoms with Crippen molar-refractivity contribution in [3.05, 3.63) is 18.3 Å². The highest BCUT2D eigenvalue weighted by molar-refractivity contribution is 7.89. The number of primary sulfonamides is 1. The van der Waals surface area contributed by atoms with Crippen molar-refractivity contribution in [3.8, 4) is 0 Å². The van der Waals surface area contributed by atoms with Gasteiger partial charge in [0.2, 0.25) is 10.0 Å². The third kappa shape index (κ3) is 3.76. The smallest absolute Gasteiger partial charge is 0.239 e. The zero-order valence-corrected chi connectivity index (χ0v) is 9.87. The predicted octanol–water partition coefficient (Wildman–Crippen LogP) is -0.264. The molecule has 0 radical (unpaired) electrons. The minimum absolute atomic E-state index is 0.00456. The summed E-state index contributed by atoms with van der Waals surface area (Å²) in [6.45, 7) is 3.28. The first-order valence-corrected chi connectivity index (χ1v) is 6.41. The molecule has 1 aromatic rings. The van der Waals surface area contributed by atoms with Gasteiger partial charge in [-0.3, -0.25) is 0 Å². The lowest BCUT2D eigenvalue weighted by Crippen LogP contribution is -2.20. The summed E-state index contributed by atoms with van der Waals surface area (Å²) in [6, 6.07) is 2.99. The van der Waals surface area contributed by atoms with Crippen molar-refractivity contribution >= 4 is 15.8 Å². The topological polar surface area (TPSA) is 111 Å². The van der Waals surface area contributed by atoms with E-state index >= 15 is 0 Å². The quantitative estimate of drug-likeness (QED) is 0.660. The molecule has 0 amide bonds. The van der Waals surface area contributed by atoms with Crippen LogP contribution in [0.15, 0.2) is 23.2 Å². The number of nitrogens with zero attached hydrogens (tertiary/aromatic N) is 1. The average molecular weight is 244 g/mol. The van der Waals surface area contributed by atoms with Crippen molar-refractivity contribution in [1.29, 1.82) is 0 Å². The van der Waals surface area contributed by atoms with E-state index in [0.29, 0.717) is 24.8 Å². The third-order valence-corrected chi connectivity index (χ3v) is 3.00. The van der Waals surface area contributed by atoms with Gasteiger partial charge in [0.05, 0.1) is 0 Å². The summed E-state index contributed by atoms with van der Waals surface area (Å²) in [7, 11) is -3.67. The van der Waals surface area contributed by atoms with Gasteiger partial charge in [0.15, 0.2) is 0 Å². The highest BCUT2D eigenvalue weighted by Crippen LogP contribution is 2.09. The van der Waals surface area contributed by atoms with Crippen LogP contribution in [0.3, 0.4) is 0 Å². The van der Waals surface area contributed by atoms with E-state index < -0.39 is 10.0 Å². The maximum absolute atomic E-state index is 11.0. The van der Waals surface area contributed by atoms with Gasteiger partial charge in [0, 0.05) is 12.7 Å². The lowest BCUT2D eigenvalue weighted by Gasteiger charge is -2.10. The summed E-state index contributed by atoms with van der Waals surface area (Å²) in [5, 5.41) is 7.99. The molecule has 0 spiro atoms. The molecule has 1 heterocycles. The van der Waals surface area contributed by atoms with E-state index in [2.05, 4.69) is 10.3 Å². The summed E-state index contributed by atoms with van der Waals surface area (Å²) in [4.78, 5) is 3.94. The molecular formula is C9H16N4O2S. The molecule has 1 unspecified atom stereocenters. The number of nitrogens with one attached hydrogen (secondary N) is 1. The molecule has 5 N–H and O–H groups in total. The van der Waals surface area contributed by atoms with Crippen LogP contribution in [-0.4, -0.2) is 26.5 Å². The molecular weight excluding hydrogens is 228 g/mol.